The summed E-state index contributed by atoms with van der Waals surface area (Å²) in [4.78, 5) is 55.9. The number of aryl methyl sites for hydroxylation is 1. The molecule has 3 amide bonds. The maximum atomic E-state index is 14.0. The van der Waals surface area contributed by atoms with E-state index in [0.29, 0.717) is 43.9 Å². The molecule has 4 rings (SSSR count). The van der Waals surface area contributed by atoms with E-state index in [-0.39, 0.29) is 42.9 Å². The van der Waals surface area contributed by atoms with Gasteiger partial charge in [-0.15, -0.1) is 0 Å². The summed E-state index contributed by atoms with van der Waals surface area (Å²) >= 11 is 0. The summed E-state index contributed by atoms with van der Waals surface area (Å²) in [6.45, 7) is 7.64. The number of phenolic OH excluding ortho intramolecular Hbond substituents is 1. The molecule has 3 aliphatic rings. The predicted octanol–water partition coefficient (Wildman–Crippen LogP) is 0.975. The molecule has 2 saturated heterocycles. The first-order valence-corrected chi connectivity index (χ1v) is 14.6. The summed E-state index contributed by atoms with van der Waals surface area (Å²) in [7, 11) is 0. The van der Waals surface area contributed by atoms with Crippen LogP contribution < -0.4 is 16.4 Å². The molecule has 0 bridgehead atoms. The van der Waals surface area contributed by atoms with Crippen LogP contribution in [-0.4, -0.2) is 90.1 Å². The van der Waals surface area contributed by atoms with Gasteiger partial charge in [-0.3, -0.25) is 24.1 Å². The number of ketones is 1. The molecule has 226 valence electrons. The van der Waals surface area contributed by atoms with Crippen molar-refractivity contribution in [2.75, 3.05) is 39.5 Å². The third kappa shape index (κ3) is 7.44. The zero-order valence-corrected chi connectivity index (χ0v) is 24.4. The van der Waals surface area contributed by atoms with Crippen molar-refractivity contribution in [2.24, 2.45) is 17.6 Å². The van der Waals surface area contributed by atoms with Crippen molar-refractivity contribution in [2.45, 2.75) is 76.5 Å². The Labute approximate surface area is 241 Å². The lowest BCUT2D eigenvalue weighted by molar-refractivity contribution is -0.142. The van der Waals surface area contributed by atoms with Crippen LogP contribution in [0.1, 0.15) is 57.1 Å². The Morgan fingerprint density at radius 1 is 1.20 bits per heavy atom. The second kappa shape index (κ2) is 12.9. The molecule has 0 spiro atoms. The van der Waals surface area contributed by atoms with Gasteiger partial charge in [0.2, 0.25) is 17.7 Å². The number of ether oxygens (including phenoxy) is 2. The number of hydrogen-bond donors (Lipinski definition) is 4. The summed E-state index contributed by atoms with van der Waals surface area (Å²) in [5.41, 5.74) is 4.45. The highest BCUT2D eigenvalue weighted by molar-refractivity contribution is 6.01. The lowest BCUT2D eigenvalue weighted by atomic mass is 9.69. The number of nitrogens with one attached hydrogen (secondary N) is 2. The first-order chi connectivity index (χ1) is 19.4. The van der Waals surface area contributed by atoms with Crippen molar-refractivity contribution >= 4 is 23.5 Å². The van der Waals surface area contributed by atoms with Crippen molar-refractivity contribution in [1.29, 1.82) is 0 Å². The average molecular weight is 573 g/mol. The number of nitrogens with zero attached hydrogens (tertiary/aromatic N) is 1. The molecule has 2 heterocycles. The van der Waals surface area contributed by atoms with E-state index in [2.05, 4.69) is 10.6 Å². The molecule has 1 aromatic rings. The van der Waals surface area contributed by atoms with Crippen molar-refractivity contribution in [3.05, 3.63) is 29.3 Å². The monoisotopic (exact) mass is 572 g/mol. The topological polar surface area (TPSA) is 164 Å². The van der Waals surface area contributed by atoms with Gasteiger partial charge in [0.15, 0.2) is 5.78 Å². The van der Waals surface area contributed by atoms with Gasteiger partial charge in [-0.1, -0.05) is 37.8 Å². The van der Waals surface area contributed by atoms with E-state index in [1.54, 1.807) is 26.0 Å². The first kappa shape index (κ1) is 30.9. The number of primary amides is 1. The largest absolute Gasteiger partial charge is 0.508 e. The zero-order valence-electron chi connectivity index (χ0n) is 24.4. The number of carbonyl (C=O) groups is 4. The molecule has 41 heavy (non-hydrogen) atoms. The van der Waals surface area contributed by atoms with E-state index in [9.17, 15) is 24.3 Å². The highest BCUT2D eigenvalue weighted by Gasteiger charge is 2.58. The minimum Gasteiger partial charge on any atom is -0.508 e. The van der Waals surface area contributed by atoms with Gasteiger partial charge < -0.3 is 30.9 Å². The number of amides is 3. The van der Waals surface area contributed by atoms with Crippen LogP contribution >= 0.6 is 0 Å². The smallest absolute Gasteiger partial charge is 0.244 e. The molecule has 0 aromatic heterocycles. The normalized spacial score (nSPS) is 24.2. The van der Waals surface area contributed by atoms with Gasteiger partial charge in [-0.05, 0) is 50.3 Å². The average Bonchev–Trinajstić information content (AvgIpc) is 3.47. The van der Waals surface area contributed by atoms with E-state index >= 15 is 0 Å². The fourth-order valence-corrected chi connectivity index (χ4v) is 6.04. The minimum absolute atomic E-state index is 0.0344. The van der Waals surface area contributed by atoms with E-state index < -0.39 is 34.9 Å². The van der Waals surface area contributed by atoms with Gasteiger partial charge >= 0.3 is 0 Å². The quantitative estimate of drug-likeness (QED) is 0.254. The van der Waals surface area contributed by atoms with E-state index in [0.717, 1.165) is 25.7 Å². The Morgan fingerprint density at radius 2 is 1.85 bits per heavy atom. The van der Waals surface area contributed by atoms with Crippen LogP contribution in [0.15, 0.2) is 18.2 Å². The maximum absolute atomic E-state index is 14.0. The molecular formula is C30H44N4O7. The van der Waals surface area contributed by atoms with Gasteiger partial charge in [0.05, 0.1) is 32.3 Å². The van der Waals surface area contributed by atoms with Gasteiger partial charge in [-0.2, -0.15) is 0 Å². The third-order valence-corrected chi connectivity index (χ3v) is 8.84. The fraction of sp³-hybridized carbons (Fsp3) is 0.667. The van der Waals surface area contributed by atoms with E-state index in [4.69, 9.17) is 15.2 Å². The maximum Gasteiger partial charge on any atom is 0.244 e. The van der Waals surface area contributed by atoms with Gasteiger partial charge in [0.25, 0.3) is 0 Å². The van der Waals surface area contributed by atoms with Gasteiger partial charge in [0.1, 0.15) is 22.9 Å². The molecule has 11 nitrogen and oxygen atoms in total. The SMILES string of the molecule is Cc1ccc(CC(NC(=O)[C@H](C)NC(=O)CN2CCOCC2)(C(N)=O)[C@H](CC2CCCC2)C(=O)[C@@]2(C)CO2)cc1O. The van der Waals surface area contributed by atoms with Gasteiger partial charge in [0, 0.05) is 19.5 Å². The Morgan fingerprint density at radius 3 is 2.44 bits per heavy atom. The van der Waals surface area contributed by atoms with Gasteiger partial charge in [-0.25, -0.2) is 0 Å². The number of aromatic hydroxyl groups is 1. The van der Waals surface area contributed by atoms with Crippen molar-refractivity contribution < 1.29 is 33.8 Å². The van der Waals surface area contributed by atoms with Crippen molar-refractivity contribution in [3.8, 4) is 5.75 Å². The van der Waals surface area contributed by atoms with E-state index in [1.165, 1.54) is 13.0 Å². The summed E-state index contributed by atoms with van der Waals surface area (Å²) < 4.78 is 10.8. The Kier molecular flexibility index (Phi) is 9.71. The number of nitrogens with two attached hydrogens (primary N) is 1. The number of hydrogen-bond acceptors (Lipinski definition) is 8. The van der Waals surface area contributed by atoms with Crippen LogP contribution in [-0.2, 0) is 35.1 Å². The molecule has 4 atom stereocenters. The standard InChI is InChI=1S/C30H44N4O7/c1-19-8-9-22(15-24(19)35)16-30(28(31)39,23(14-21-6-4-5-7-21)26(37)29(3)18-41-29)33-27(38)20(2)32-25(36)17-34-10-12-40-13-11-34/h8-9,15,20-21,23,35H,4-7,10-14,16-18H2,1-3H3,(H2,31,39)(H,32,36)(H,33,38)/t20-,23+,29+,30?/m0/s1. The summed E-state index contributed by atoms with van der Waals surface area (Å²) in [6, 6.07) is 3.99. The summed E-state index contributed by atoms with van der Waals surface area (Å²) in [6.07, 6.45) is 4.18. The number of carbonyl (C=O) groups excluding carboxylic acids is 4. The highest BCUT2D eigenvalue weighted by Crippen LogP contribution is 2.41. The van der Waals surface area contributed by atoms with Crippen molar-refractivity contribution in [3.63, 3.8) is 0 Å². The number of morpholine rings is 1. The second-order valence-electron chi connectivity index (χ2n) is 12.1. The van der Waals surface area contributed by atoms with Crippen molar-refractivity contribution in [1.82, 2.24) is 15.5 Å². The Hall–Kier alpha value is -3.02. The van der Waals surface area contributed by atoms with Crippen LogP contribution in [0.25, 0.3) is 0 Å². The van der Waals surface area contributed by atoms with Crippen LogP contribution in [0.4, 0.5) is 0 Å². The molecule has 3 fully saturated rings. The number of Topliss-reactive ketones (excluding diaryl/α,β-unsaturated/α-hetero) is 1. The second-order valence-corrected chi connectivity index (χ2v) is 12.1. The summed E-state index contributed by atoms with van der Waals surface area (Å²) in [5.74, 6) is -2.81. The van der Waals surface area contributed by atoms with Crippen LogP contribution in [0.3, 0.4) is 0 Å². The van der Waals surface area contributed by atoms with Crippen LogP contribution in [0.2, 0.25) is 0 Å². The first-order valence-electron chi connectivity index (χ1n) is 14.6. The molecule has 11 heteroatoms. The van der Waals surface area contributed by atoms with Crippen LogP contribution in [0, 0.1) is 18.8 Å². The molecule has 1 aromatic carbocycles. The number of benzene rings is 1. The minimum atomic E-state index is -1.81. The summed E-state index contributed by atoms with van der Waals surface area (Å²) in [5, 5.41) is 16.0. The molecule has 0 radical (unpaired) electrons. The molecule has 1 unspecified atom stereocenters. The third-order valence-electron chi connectivity index (χ3n) is 8.84. The number of phenols is 1. The molecule has 2 aliphatic heterocycles. The lowest BCUT2D eigenvalue weighted by Gasteiger charge is -2.41. The number of epoxide rings is 1. The molecular weight excluding hydrogens is 528 g/mol. The predicted molar refractivity (Wildman–Crippen MR) is 151 cm³/mol. The molecule has 1 aliphatic carbocycles. The zero-order chi connectivity index (χ0) is 29.8. The fourth-order valence-electron chi connectivity index (χ4n) is 6.04. The van der Waals surface area contributed by atoms with E-state index in [1.807, 2.05) is 4.90 Å². The lowest BCUT2D eigenvalue weighted by Crippen LogP contribution is -2.68. The Balaban J connectivity index is 1.64. The van der Waals surface area contributed by atoms with Crippen LogP contribution in [0.5, 0.6) is 5.75 Å². The number of rotatable bonds is 13. The highest BCUT2D eigenvalue weighted by atomic mass is 16.6. The Bertz CT molecular complexity index is 1140. The molecule has 5 N–H and O–H groups in total. The molecule has 1 saturated carbocycles.